The molecule has 15 heavy (non-hydrogen) atoms. The van der Waals surface area contributed by atoms with Crippen molar-refractivity contribution in [2.24, 2.45) is 0 Å². The quantitative estimate of drug-likeness (QED) is 0.562. The molecule has 84 valence electrons. The predicted octanol–water partition coefficient (Wildman–Crippen LogP) is 4.25. The molecule has 0 radical (unpaired) electrons. The van der Waals surface area contributed by atoms with Crippen LogP contribution in [0.2, 0.25) is 5.02 Å². The van der Waals surface area contributed by atoms with Crippen LogP contribution in [0, 0.1) is 0 Å². The minimum absolute atomic E-state index is 0.508. The van der Waals surface area contributed by atoms with Crippen LogP contribution >= 0.6 is 27.5 Å². The fraction of sp³-hybridized carbons (Fsp3) is 0.500. The standard InChI is InChI=1S/C12H16BrClO/c1-2-15-8-7-11(9-13)10-3-5-12(14)6-4-10/h3-6,11H,2,7-9H2,1H3. The molecule has 1 aromatic rings. The summed E-state index contributed by atoms with van der Waals surface area (Å²) in [6, 6.07) is 8.04. The van der Waals surface area contributed by atoms with Gasteiger partial charge >= 0.3 is 0 Å². The van der Waals surface area contributed by atoms with E-state index in [9.17, 15) is 0 Å². The third-order valence-electron chi connectivity index (χ3n) is 2.34. The largest absolute Gasteiger partial charge is 0.382 e. The molecule has 0 spiro atoms. The highest BCUT2D eigenvalue weighted by Crippen LogP contribution is 2.23. The van der Waals surface area contributed by atoms with Gasteiger partial charge in [-0.05, 0) is 37.0 Å². The first-order chi connectivity index (χ1) is 7.27. The Morgan fingerprint density at radius 2 is 2.00 bits per heavy atom. The van der Waals surface area contributed by atoms with Gasteiger partial charge in [0.2, 0.25) is 0 Å². The van der Waals surface area contributed by atoms with Crippen molar-refractivity contribution in [3.8, 4) is 0 Å². The van der Waals surface area contributed by atoms with Gasteiger partial charge in [-0.3, -0.25) is 0 Å². The second-order valence-corrected chi connectivity index (χ2v) is 4.47. The second kappa shape index (κ2) is 7.26. The van der Waals surface area contributed by atoms with E-state index in [0.717, 1.165) is 30.0 Å². The summed E-state index contributed by atoms with van der Waals surface area (Å²) in [6.07, 6.45) is 1.04. The van der Waals surface area contributed by atoms with E-state index in [1.54, 1.807) is 0 Å². The molecular weight excluding hydrogens is 275 g/mol. The Morgan fingerprint density at radius 3 is 2.53 bits per heavy atom. The van der Waals surface area contributed by atoms with Gasteiger partial charge in [0.15, 0.2) is 0 Å². The SMILES string of the molecule is CCOCCC(CBr)c1ccc(Cl)cc1. The first-order valence-electron chi connectivity index (χ1n) is 5.17. The highest BCUT2D eigenvalue weighted by atomic mass is 79.9. The molecule has 0 aliphatic heterocycles. The molecule has 0 aromatic heterocycles. The summed E-state index contributed by atoms with van der Waals surface area (Å²) >= 11 is 9.38. The van der Waals surface area contributed by atoms with Crippen molar-refractivity contribution >= 4 is 27.5 Å². The van der Waals surface area contributed by atoms with Crippen LogP contribution in [0.15, 0.2) is 24.3 Å². The highest BCUT2D eigenvalue weighted by Gasteiger charge is 2.09. The summed E-state index contributed by atoms with van der Waals surface area (Å²) in [7, 11) is 0. The first-order valence-corrected chi connectivity index (χ1v) is 6.67. The van der Waals surface area contributed by atoms with Gasteiger partial charge in [0.1, 0.15) is 0 Å². The van der Waals surface area contributed by atoms with Gasteiger partial charge in [0.25, 0.3) is 0 Å². The van der Waals surface area contributed by atoms with E-state index in [0.29, 0.717) is 5.92 Å². The van der Waals surface area contributed by atoms with Gasteiger partial charge in [0.05, 0.1) is 0 Å². The van der Waals surface area contributed by atoms with E-state index in [2.05, 4.69) is 28.1 Å². The van der Waals surface area contributed by atoms with Crippen LogP contribution in [0.1, 0.15) is 24.8 Å². The number of alkyl halides is 1. The summed E-state index contributed by atoms with van der Waals surface area (Å²) < 4.78 is 5.36. The summed E-state index contributed by atoms with van der Waals surface area (Å²) in [5, 5.41) is 1.75. The van der Waals surface area contributed by atoms with E-state index < -0.39 is 0 Å². The van der Waals surface area contributed by atoms with Crippen LogP contribution in [0.25, 0.3) is 0 Å². The molecule has 0 saturated heterocycles. The number of hydrogen-bond acceptors (Lipinski definition) is 1. The summed E-state index contributed by atoms with van der Waals surface area (Å²) in [5.41, 5.74) is 1.32. The van der Waals surface area contributed by atoms with E-state index in [1.165, 1.54) is 5.56 Å². The van der Waals surface area contributed by atoms with Gasteiger partial charge in [-0.15, -0.1) is 0 Å². The summed E-state index contributed by atoms with van der Waals surface area (Å²) in [5.74, 6) is 0.508. The van der Waals surface area contributed by atoms with E-state index in [-0.39, 0.29) is 0 Å². The molecule has 1 rings (SSSR count). The normalized spacial score (nSPS) is 12.7. The van der Waals surface area contributed by atoms with Gasteiger partial charge in [-0.25, -0.2) is 0 Å². The van der Waals surface area contributed by atoms with Crippen molar-refractivity contribution in [3.63, 3.8) is 0 Å². The number of ether oxygens (including phenoxy) is 1. The molecule has 0 heterocycles. The summed E-state index contributed by atoms with van der Waals surface area (Å²) in [6.45, 7) is 3.62. The number of hydrogen-bond donors (Lipinski definition) is 0. The van der Waals surface area contributed by atoms with Gasteiger partial charge in [-0.2, -0.15) is 0 Å². The van der Waals surface area contributed by atoms with Crippen LogP contribution in [-0.4, -0.2) is 18.5 Å². The fourth-order valence-electron chi connectivity index (χ4n) is 1.44. The molecule has 3 heteroatoms. The lowest BCUT2D eigenvalue weighted by molar-refractivity contribution is 0.141. The van der Waals surface area contributed by atoms with Crippen LogP contribution < -0.4 is 0 Å². The lowest BCUT2D eigenvalue weighted by atomic mass is 9.98. The first kappa shape index (κ1) is 13.0. The Hall–Kier alpha value is -0.0500. The Labute approximate surface area is 105 Å². The van der Waals surface area contributed by atoms with Crippen molar-refractivity contribution in [3.05, 3.63) is 34.9 Å². The van der Waals surface area contributed by atoms with Crippen LogP contribution in [0.3, 0.4) is 0 Å². The van der Waals surface area contributed by atoms with Gasteiger partial charge < -0.3 is 4.74 Å². The van der Waals surface area contributed by atoms with Crippen LogP contribution in [0.5, 0.6) is 0 Å². The third kappa shape index (κ3) is 4.54. The van der Waals surface area contributed by atoms with Crippen LogP contribution in [-0.2, 0) is 4.74 Å². The zero-order chi connectivity index (χ0) is 11.1. The van der Waals surface area contributed by atoms with Gasteiger partial charge in [-0.1, -0.05) is 39.7 Å². The maximum absolute atomic E-state index is 5.85. The lowest BCUT2D eigenvalue weighted by Crippen LogP contribution is -2.05. The minimum atomic E-state index is 0.508. The molecule has 1 atom stereocenters. The zero-order valence-corrected chi connectivity index (χ0v) is 11.2. The van der Waals surface area contributed by atoms with Crippen molar-refractivity contribution in [1.82, 2.24) is 0 Å². The Kier molecular flexibility index (Phi) is 6.30. The maximum Gasteiger partial charge on any atom is 0.0472 e. The topological polar surface area (TPSA) is 9.23 Å². The average Bonchev–Trinajstić information content (AvgIpc) is 2.26. The molecule has 0 fully saturated rings. The third-order valence-corrected chi connectivity index (χ3v) is 3.38. The zero-order valence-electron chi connectivity index (χ0n) is 8.88. The predicted molar refractivity (Wildman–Crippen MR) is 69.1 cm³/mol. The molecule has 0 amide bonds. The monoisotopic (exact) mass is 290 g/mol. The average molecular weight is 292 g/mol. The molecule has 1 unspecified atom stereocenters. The van der Waals surface area contributed by atoms with Gasteiger partial charge in [0, 0.05) is 23.6 Å². The van der Waals surface area contributed by atoms with E-state index in [1.807, 2.05) is 19.1 Å². The summed E-state index contributed by atoms with van der Waals surface area (Å²) in [4.78, 5) is 0. The van der Waals surface area contributed by atoms with Crippen molar-refractivity contribution in [1.29, 1.82) is 0 Å². The van der Waals surface area contributed by atoms with E-state index in [4.69, 9.17) is 16.3 Å². The molecule has 0 N–H and O–H groups in total. The second-order valence-electron chi connectivity index (χ2n) is 3.39. The van der Waals surface area contributed by atoms with E-state index >= 15 is 0 Å². The molecule has 1 aromatic carbocycles. The molecule has 1 nitrogen and oxygen atoms in total. The van der Waals surface area contributed by atoms with Crippen molar-refractivity contribution < 1.29 is 4.74 Å². The Balaban J connectivity index is 2.53. The van der Waals surface area contributed by atoms with Crippen molar-refractivity contribution in [2.75, 3.05) is 18.5 Å². The maximum atomic E-state index is 5.85. The minimum Gasteiger partial charge on any atom is -0.382 e. The number of halogens is 2. The molecule has 0 bridgehead atoms. The molecular formula is C12H16BrClO. The highest BCUT2D eigenvalue weighted by molar-refractivity contribution is 9.09. The lowest BCUT2D eigenvalue weighted by Gasteiger charge is -2.14. The van der Waals surface area contributed by atoms with Crippen molar-refractivity contribution in [2.45, 2.75) is 19.3 Å². The number of benzene rings is 1. The van der Waals surface area contributed by atoms with Crippen LogP contribution in [0.4, 0.5) is 0 Å². The molecule has 0 aliphatic rings. The smallest absolute Gasteiger partial charge is 0.0472 e. The Morgan fingerprint density at radius 1 is 1.33 bits per heavy atom. The molecule has 0 aliphatic carbocycles. The fourth-order valence-corrected chi connectivity index (χ4v) is 2.26. The molecule has 0 saturated carbocycles. The number of rotatable bonds is 6. The Bertz CT molecular complexity index is 273.